The maximum absolute atomic E-state index is 12.6. The summed E-state index contributed by atoms with van der Waals surface area (Å²) in [7, 11) is 1.76. The van der Waals surface area contributed by atoms with Crippen LogP contribution in [0, 0.1) is 0 Å². The lowest BCUT2D eigenvalue weighted by molar-refractivity contribution is -0.149. The normalized spacial score (nSPS) is 15.1. The molecule has 1 saturated heterocycles. The maximum atomic E-state index is 12.6. The number of amides is 2. The number of rotatable bonds is 10. The van der Waals surface area contributed by atoms with Gasteiger partial charge in [0.2, 0.25) is 0 Å². The topological polar surface area (TPSA) is 95.0 Å². The monoisotopic (exact) mass is 454 g/mol. The van der Waals surface area contributed by atoms with Gasteiger partial charge in [-0.25, -0.2) is 9.59 Å². The summed E-state index contributed by atoms with van der Waals surface area (Å²) in [5.41, 5.74) is 3.20. The van der Waals surface area contributed by atoms with Crippen LogP contribution in [0.5, 0.6) is 0 Å². The number of pyridine rings is 1. The van der Waals surface area contributed by atoms with Crippen molar-refractivity contribution < 1.29 is 19.4 Å². The van der Waals surface area contributed by atoms with Crippen LogP contribution < -0.4 is 10.2 Å². The van der Waals surface area contributed by atoms with Crippen LogP contribution >= 0.6 is 0 Å². The molecular formula is C25H34N4O4. The van der Waals surface area contributed by atoms with Crippen molar-refractivity contribution in [1.29, 1.82) is 0 Å². The van der Waals surface area contributed by atoms with Crippen LogP contribution in [0.2, 0.25) is 0 Å². The Morgan fingerprint density at radius 1 is 1.21 bits per heavy atom. The molecule has 1 fully saturated rings. The number of carboxylic acid groups (broad SMARTS) is 1. The molecule has 1 atom stereocenters. The van der Waals surface area contributed by atoms with Crippen molar-refractivity contribution in [2.75, 3.05) is 44.7 Å². The first-order chi connectivity index (χ1) is 16.0. The van der Waals surface area contributed by atoms with E-state index >= 15 is 0 Å². The van der Waals surface area contributed by atoms with Crippen molar-refractivity contribution in [3.8, 4) is 11.3 Å². The Kier molecular flexibility index (Phi) is 9.21. The van der Waals surface area contributed by atoms with Gasteiger partial charge >= 0.3 is 12.0 Å². The van der Waals surface area contributed by atoms with Crippen molar-refractivity contribution >= 4 is 17.7 Å². The number of carbonyl (C=O) groups is 2. The van der Waals surface area contributed by atoms with Crippen molar-refractivity contribution in [2.45, 2.75) is 38.7 Å². The lowest BCUT2D eigenvalue weighted by Gasteiger charge is -2.27. The van der Waals surface area contributed by atoms with E-state index in [1.807, 2.05) is 36.4 Å². The third-order valence-corrected chi connectivity index (χ3v) is 5.88. The average molecular weight is 455 g/mol. The lowest BCUT2D eigenvalue weighted by atomic mass is 10.1. The number of aromatic nitrogens is 1. The van der Waals surface area contributed by atoms with Gasteiger partial charge in [0, 0.05) is 50.6 Å². The summed E-state index contributed by atoms with van der Waals surface area (Å²) in [6.45, 7) is 5.85. The van der Waals surface area contributed by atoms with Crippen LogP contribution in [0.1, 0.15) is 31.7 Å². The van der Waals surface area contributed by atoms with Gasteiger partial charge in [-0.1, -0.05) is 24.6 Å². The number of carbonyl (C=O) groups excluding carboxylic acids is 1. The first-order valence-corrected chi connectivity index (χ1v) is 11.6. The molecule has 1 aliphatic heterocycles. The molecule has 8 heteroatoms. The van der Waals surface area contributed by atoms with E-state index in [9.17, 15) is 14.7 Å². The molecule has 0 radical (unpaired) electrons. The molecule has 33 heavy (non-hydrogen) atoms. The Hall–Kier alpha value is -2.97. The molecule has 3 rings (SSSR count). The first-order valence-electron chi connectivity index (χ1n) is 11.6. The van der Waals surface area contributed by atoms with Gasteiger partial charge in [-0.05, 0) is 56.6 Å². The minimum Gasteiger partial charge on any atom is -0.479 e. The molecule has 1 aromatic carbocycles. The number of urea groups is 1. The number of ether oxygens (including phenoxy) is 1. The number of hydrogen-bond donors (Lipinski definition) is 2. The highest BCUT2D eigenvalue weighted by molar-refractivity contribution is 5.92. The SMILES string of the molecule is CCOC(Cc1ccc(-c2cccc(N(C)C(=O)NCCN3CCCCC3)c2)nc1)C(=O)O. The molecule has 0 saturated carbocycles. The maximum Gasteiger partial charge on any atom is 0.333 e. The molecule has 2 heterocycles. The van der Waals surface area contributed by atoms with Gasteiger partial charge in [0.15, 0.2) is 6.10 Å². The number of aliphatic carboxylic acids is 1. The minimum absolute atomic E-state index is 0.136. The number of hydrogen-bond acceptors (Lipinski definition) is 5. The summed E-state index contributed by atoms with van der Waals surface area (Å²) in [5.74, 6) is -0.981. The van der Waals surface area contributed by atoms with Crippen LogP contribution in [0.4, 0.5) is 10.5 Å². The molecule has 2 N–H and O–H groups in total. The van der Waals surface area contributed by atoms with Crippen LogP contribution in [0.15, 0.2) is 42.6 Å². The molecule has 0 spiro atoms. The number of nitrogens with one attached hydrogen (secondary N) is 1. The molecular weight excluding hydrogens is 420 g/mol. The second-order valence-electron chi connectivity index (χ2n) is 8.28. The second-order valence-corrected chi connectivity index (χ2v) is 8.28. The average Bonchev–Trinajstić information content (AvgIpc) is 2.84. The molecule has 1 aliphatic rings. The quantitative estimate of drug-likeness (QED) is 0.571. The van der Waals surface area contributed by atoms with E-state index in [2.05, 4.69) is 15.2 Å². The predicted octanol–water partition coefficient (Wildman–Crippen LogP) is 3.41. The van der Waals surface area contributed by atoms with E-state index in [0.29, 0.717) is 13.2 Å². The molecule has 2 aromatic rings. The summed E-state index contributed by atoms with van der Waals surface area (Å²) >= 11 is 0. The van der Waals surface area contributed by atoms with E-state index in [0.717, 1.165) is 42.1 Å². The van der Waals surface area contributed by atoms with Crippen molar-refractivity contribution in [1.82, 2.24) is 15.2 Å². The molecule has 8 nitrogen and oxygen atoms in total. The molecule has 1 unspecified atom stereocenters. The van der Waals surface area contributed by atoms with E-state index in [-0.39, 0.29) is 12.5 Å². The summed E-state index contributed by atoms with van der Waals surface area (Å²) in [5, 5.41) is 12.3. The largest absolute Gasteiger partial charge is 0.479 e. The summed E-state index contributed by atoms with van der Waals surface area (Å²) in [4.78, 5) is 32.4. The van der Waals surface area contributed by atoms with Gasteiger partial charge in [0.25, 0.3) is 0 Å². The van der Waals surface area contributed by atoms with Crippen LogP contribution in [-0.2, 0) is 16.0 Å². The number of nitrogens with zero attached hydrogens (tertiary/aromatic N) is 3. The fourth-order valence-corrected chi connectivity index (χ4v) is 3.96. The number of anilines is 1. The van der Waals surface area contributed by atoms with Crippen molar-refractivity contribution in [3.05, 3.63) is 48.2 Å². The third-order valence-electron chi connectivity index (χ3n) is 5.88. The van der Waals surface area contributed by atoms with Gasteiger partial charge in [-0.15, -0.1) is 0 Å². The Labute approximate surface area is 195 Å². The van der Waals surface area contributed by atoms with Crippen LogP contribution in [-0.4, -0.2) is 72.9 Å². The van der Waals surface area contributed by atoms with Crippen molar-refractivity contribution in [2.24, 2.45) is 0 Å². The Morgan fingerprint density at radius 2 is 2.00 bits per heavy atom. The number of benzene rings is 1. The number of piperidine rings is 1. The Morgan fingerprint density at radius 3 is 2.67 bits per heavy atom. The highest BCUT2D eigenvalue weighted by atomic mass is 16.5. The lowest BCUT2D eigenvalue weighted by Crippen LogP contribution is -2.42. The zero-order valence-electron chi connectivity index (χ0n) is 19.5. The van der Waals surface area contributed by atoms with E-state index in [4.69, 9.17) is 4.74 Å². The zero-order valence-corrected chi connectivity index (χ0v) is 19.5. The Balaban J connectivity index is 1.58. The fourth-order valence-electron chi connectivity index (χ4n) is 3.96. The van der Waals surface area contributed by atoms with E-state index in [1.165, 1.54) is 19.3 Å². The van der Waals surface area contributed by atoms with Crippen molar-refractivity contribution in [3.63, 3.8) is 0 Å². The second kappa shape index (κ2) is 12.3. The van der Waals surface area contributed by atoms with Crippen LogP contribution in [0.3, 0.4) is 0 Å². The number of likely N-dealkylation sites (tertiary alicyclic amines) is 1. The smallest absolute Gasteiger partial charge is 0.333 e. The van der Waals surface area contributed by atoms with E-state index < -0.39 is 12.1 Å². The highest BCUT2D eigenvalue weighted by Gasteiger charge is 2.18. The van der Waals surface area contributed by atoms with Gasteiger partial charge in [0.1, 0.15) is 0 Å². The van der Waals surface area contributed by atoms with Gasteiger partial charge in [-0.2, -0.15) is 0 Å². The standard InChI is InChI=1S/C25H34N4O4/c1-3-33-23(24(30)31)16-19-10-11-22(27-18-19)20-8-7-9-21(17-20)28(2)25(32)26-12-15-29-13-5-4-6-14-29/h7-11,17-18,23H,3-6,12-16H2,1-2H3,(H,26,32)(H,30,31). The summed E-state index contributed by atoms with van der Waals surface area (Å²) in [6.07, 6.45) is 4.83. The van der Waals surface area contributed by atoms with Gasteiger partial charge < -0.3 is 20.1 Å². The number of carboxylic acids is 1. The summed E-state index contributed by atoms with van der Waals surface area (Å²) in [6, 6.07) is 11.2. The molecule has 0 bridgehead atoms. The molecule has 0 aliphatic carbocycles. The third kappa shape index (κ3) is 7.27. The Bertz CT molecular complexity index is 913. The minimum atomic E-state index is -0.981. The molecule has 2 amide bonds. The molecule has 178 valence electrons. The first kappa shape index (κ1) is 24.7. The fraction of sp³-hybridized carbons (Fsp3) is 0.480. The van der Waals surface area contributed by atoms with E-state index in [1.54, 1.807) is 25.1 Å². The van der Waals surface area contributed by atoms with Gasteiger partial charge in [-0.3, -0.25) is 9.88 Å². The predicted molar refractivity (Wildman–Crippen MR) is 129 cm³/mol. The van der Waals surface area contributed by atoms with Gasteiger partial charge in [0.05, 0.1) is 5.69 Å². The zero-order chi connectivity index (χ0) is 23.6. The van der Waals surface area contributed by atoms with Crippen LogP contribution in [0.25, 0.3) is 11.3 Å². The molecule has 1 aromatic heterocycles. The summed E-state index contributed by atoms with van der Waals surface area (Å²) < 4.78 is 5.28. The highest BCUT2D eigenvalue weighted by Crippen LogP contribution is 2.23.